The first kappa shape index (κ1) is 16.4. The van der Waals surface area contributed by atoms with Crippen LogP contribution < -0.4 is 0 Å². The standard InChI is InChI=1S/C17H24ClNO2/c1-4-21-17(8-6-16(2,3)7-9-17)15(20)11-13-5-10-19-12-14(13)18/h5,10,12H,4,6-9,11H2,1-3H3. The van der Waals surface area contributed by atoms with Crippen molar-refractivity contribution in [1.29, 1.82) is 0 Å². The zero-order chi connectivity index (χ0) is 15.5. The highest BCUT2D eigenvalue weighted by atomic mass is 35.5. The lowest BCUT2D eigenvalue weighted by Crippen LogP contribution is -2.47. The largest absolute Gasteiger partial charge is 0.367 e. The molecule has 1 fully saturated rings. The first-order chi connectivity index (χ1) is 9.88. The van der Waals surface area contributed by atoms with Crippen LogP contribution in [0.3, 0.4) is 0 Å². The van der Waals surface area contributed by atoms with E-state index in [4.69, 9.17) is 16.3 Å². The van der Waals surface area contributed by atoms with Crippen LogP contribution in [0, 0.1) is 5.41 Å². The normalized spacial score (nSPS) is 20.2. The van der Waals surface area contributed by atoms with E-state index in [0.29, 0.717) is 23.5 Å². The van der Waals surface area contributed by atoms with Crippen molar-refractivity contribution in [3.05, 3.63) is 29.0 Å². The number of halogens is 1. The summed E-state index contributed by atoms with van der Waals surface area (Å²) in [5.41, 5.74) is 0.507. The van der Waals surface area contributed by atoms with E-state index < -0.39 is 5.60 Å². The van der Waals surface area contributed by atoms with E-state index in [1.165, 1.54) is 0 Å². The molecule has 0 bridgehead atoms. The van der Waals surface area contributed by atoms with Crippen LogP contribution in [-0.2, 0) is 16.0 Å². The predicted octanol–water partition coefficient (Wildman–Crippen LogP) is 4.22. The summed E-state index contributed by atoms with van der Waals surface area (Å²) in [6, 6.07) is 1.81. The van der Waals surface area contributed by atoms with Crippen LogP contribution in [-0.4, -0.2) is 23.0 Å². The zero-order valence-corrected chi connectivity index (χ0v) is 13.9. The van der Waals surface area contributed by atoms with Gasteiger partial charge >= 0.3 is 0 Å². The minimum Gasteiger partial charge on any atom is -0.367 e. The van der Waals surface area contributed by atoms with Crippen molar-refractivity contribution < 1.29 is 9.53 Å². The number of pyridine rings is 1. The second-order valence-corrected chi connectivity index (χ2v) is 7.07. The minimum atomic E-state index is -0.628. The SMILES string of the molecule is CCOC1(C(=O)Cc2ccncc2Cl)CCC(C)(C)CC1. The van der Waals surface area contributed by atoms with Crippen molar-refractivity contribution in [2.45, 2.75) is 58.5 Å². The van der Waals surface area contributed by atoms with Crippen LogP contribution >= 0.6 is 11.6 Å². The fourth-order valence-corrected chi connectivity index (χ4v) is 3.18. The van der Waals surface area contributed by atoms with Crippen LogP contribution in [0.4, 0.5) is 0 Å². The highest BCUT2D eigenvalue weighted by Crippen LogP contribution is 2.43. The molecular formula is C17H24ClNO2. The molecule has 1 aromatic rings. The van der Waals surface area contributed by atoms with Crippen molar-refractivity contribution in [3.63, 3.8) is 0 Å². The van der Waals surface area contributed by atoms with E-state index in [9.17, 15) is 4.79 Å². The van der Waals surface area contributed by atoms with Gasteiger partial charge in [0, 0.05) is 25.4 Å². The summed E-state index contributed by atoms with van der Waals surface area (Å²) >= 11 is 6.12. The quantitative estimate of drug-likeness (QED) is 0.817. The number of ether oxygens (including phenoxy) is 1. The van der Waals surface area contributed by atoms with E-state index >= 15 is 0 Å². The summed E-state index contributed by atoms with van der Waals surface area (Å²) in [6.45, 7) is 7.03. The first-order valence-electron chi connectivity index (χ1n) is 7.64. The third kappa shape index (κ3) is 3.83. The number of Topliss-reactive ketones (excluding diaryl/α,β-unsaturated/α-hetero) is 1. The molecule has 21 heavy (non-hydrogen) atoms. The molecule has 1 saturated carbocycles. The molecule has 1 heterocycles. The molecule has 1 aliphatic rings. The number of hydrogen-bond donors (Lipinski definition) is 0. The van der Waals surface area contributed by atoms with E-state index in [1.807, 2.05) is 13.0 Å². The number of aromatic nitrogens is 1. The van der Waals surface area contributed by atoms with Gasteiger partial charge in [-0.05, 0) is 49.7 Å². The lowest BCUT2D eigenvalue weighted by Gasteiger charge is -2.42. The molecule has 4 heteroatoms. The molecule has 0 amide bonds. The van der Waals surface area contributed by atoms with Crippen molar-refractivity contribution in [3.8, 4) is 0 Å². The molecule has 2 rings (SSSR count). The lowest BCUT2D eigenvalue weighted by molar-refractivity contribution is -0.151. The fourth-order valence-electron chi connectivity index (χ4n) is 2.99. The molecule has 0 saturated heterocycles. The van der Waals surface area contributed by atoms with E-state index in [1.54, 1.807) is 12.4 Å². The summed E-state index contributed by atoms with van der Waals surface area (Å²) in [5, 5.41) is 0.550. The van der Waals surface area contributed by atoms with Crippen molar-refractivity contribution in [2.75, 3.05) is 6.61 Å². The number of nitrogens with zero attached hydrogens (tertiary/aromatic N) is 1. The summed E-state index contributed by atoms with van der Waals surface area (Å²) in [5.74, 6) is 0.146. The lowest BCUT2D eigenvalue weighted by atomic mass is 9.69. The van der Waals surface area contributed by atoms with Gasteiger partial charge in [-0.3, -0.25) is 9.78 Å². The Morgan fingerprint density at radius 2 is 2.00 bits per heavy atom. The molecule has 1 aliphatic carbocycles. The molecule has 1 aromatic heterocycles. The van der Waals surface area contributed by atoms with E-state index in [0.717, 1.165) is 31.2 Å². The molecule has 0 N–H and O–H groups in total. The summed E-state index contributed by atoms with van der Waals surface area (Å²) < 4.78 is 5.93. The van der Waals surface area contributed by atoms with Crippen molar-refractivity contribution in [2.24, 2.45) is 5.41 Å². The van der Waals surface area contributed by atoms with E-state index in [2.05, 4.69) is 18.8 Å². The van der Waals surface area contributed by atoms with Crippen LogP contribution in [0.15, 0.2) is 18.5 Å². The van der Waals surface area contributed by atoms with Gasteiger partial charge in [0.1, 0.15) is 5.60 Å². The van der Waals surface area contributed by atoms with Gasteiger partial charge < -0.3 is 4.74 Å². The average molecular weight is 310 g/mol. The van der Waals surface area contributed by atoms with Gasteiger partial charge in [-0.25, -0.2) is 0 Å². The molecule has 0 aromatic carbocycles. The first-order valence-corrected chi connectivity index (χ1v) is 8.02. The molecule has 0 atom stereocenters. The second-order valence-electron chi connectivity index (χ2n) is 6.66. The molecule has 0 radical (unpaired) electrons. The van der Waals surface area contributed by atoms with Gasteiger partial charge in [0.15, 0.2) is 5.78 Å². The molecule has 116 valence electrons. The summed E-state index contributed by atoms with van der Waals surface area (Å²) in [6.07, 6.45) is 7.21. The second kappa shape index (κ2) is 6.45. The number of rotatable bonds is 5. The van der Waals surface area contributed by atoms with Crippen LogP contribution in [0.2, 0.25) is 5.02 Å². The maximum atomic E-state index is 12.8. The minimum absolute atomic E-state index is 0.146. The number of ketones is 1. The van der Waals surface area contributed by atoms with Gasteiger partial charge in [0.2, 0.25) is 0 Å². The Labute approximate surface area is 132 Å². The topological polar surface area (TPSA) is 39.2 Å². The molecule has 0 spiro atoms. The maximum absolute atomic E-state index is 12.8. The predicted molar refractivity (Wildman–Crippen MR) is 84.6 cm³/mol. The van der Waals surface area contributed by atoms with Crippen LogP contribution in [0.25, 0.3) is 0 Å². The maximum Gasteiger partial charge on any atom is 0.169 e. The van der Waals surface area contributed by atoms with Crippen molar-refractivity contribution in [1.82, 2.24) is 4.98 Å². The molecule has 0 unspecified atom stereocenters. The third-order valence-corrected chi connectivity index (χ3v) is 4.89. The van der Waals surface area contributed by atoms with Crippen molar-refractivity contribution >= 4 is 17.4 Å². The Morgan fingerprint density at radius 1 is 1.33 bits per heavy atom. The Kier molecular flexibility index (Phi) is 5.05. The molecular weight excluding hydrogens is 286 g/mol. The highest BCUT2D eigenvalue weighted by molar-refractivity contribution is 6.31. The smallest absolute Gasteiger partial charge is 0.169 e. The van der Waals surface area contributed by atoms with Gasteiger partial charge in [-0.15, -0.1) is 0 Å². The van der Waals surface area contributed by atoms with Gasteiger partial charge in [0.05, 0.1) is 5.02 Å². The Balaban J connectivity index is 2.15. The zero-order valence-electron chi connectivity index (χ0n) is 13.1. The summed E-state index contributed by atoms with van der Waals surface area (Å²) in [7, 11) is 0. The highest BCUT2D eigenvalue weighted by Gasteiger charge is 2.44. The van der Waals surface area contributed by atoms with Gasteiger partial charge in [-0.2, -0.15) is 0 Å². The Hall–Kier alpha value is -0.930. The third-order valence-electron chi connectivity index (χ3n) is 4.55. The average Bonchev–Trinajstić information content (AvgIpc) is 2.44. The Bertz CT molecular complexity index is 503. The monoisotopic (exact) mass is 309 g/mol. The van der Waals surface area contributed by atoms with Gasteiger partial charge in [-0.1, -0.05) is 25.4 Å². The number of carbonyl (C=O) groups excluding carboxylic acids is 1. The molecule has 0 aliphatic heterocycles. The van der Waals surface area contributed by atoms with Crippen LogP contribution in [0.5, 0.6) is 0 Å². The fraction of sp³-hybridized carbons (Fsp3) is 0.647. The van der Waals surface area contributed by atoms with E-state index in [-0.39, 0.29) is 5.78 Å². The number of carbonyl (C=O) groups is 1. The Morgan fingerprint density at radius 3 is 2.57 bits per heavy atom. The van der Waals surface area contributed by atoms with Gasteiger partial charge in [0.25, 0.3) is 0 Å². The number of hydrogen-bond acceptors (Lipinski definition) is 3. The summed E-state index contributed by atoms with van der Waals surface area (Å²) in [4.78, 5) is 16.8. The molecule has 3 nitrogen and oxygen atoms in total. The van der Waals surface area contributed by atoms with Crippen LogP contribution in [0.1, 0.15) is 52.0 Å².